The van der Waals surface area contributed by atoms with Gasteiger partial charge in [-0.05, 0) is 32.9 Å². The second-order valence-electron chi connectivity index (χ2n) is 5.24. The molecule has 1 heterocycles. The standard InChI is InChI=1S/C14H14ClFN2OS/c1-14(2,3)18-13(19)12(15)11(8-17-18)20-10-7-5-4-6-9(10)16/h4-8H,1-3H3. The topological polar surface area (TPSA) is 34.9 Å². The van der Waals surface area contributed by atoms with Gasteiger partial charge in [-0.15, -0.1) is 0 Å². The molecule has 0 atom stereocenters. The van der Waals surface area contributed by atoms with Gasteiger partial charge >= 0.3 is 0 Å². The van der Waals surface area contributed by atoms with Crippen LogP contribution >= 0.6 is 23.4 Å². The maximum Gasteiger partial charge on any atom is 0.287 e. The Morgan fingerprint density at radius 3 is 2.50 bits per heavy atom. The minimum atomic E-state index is -0.456. The molecule has 0 unspecified atom stereocenters. The highest BCUT2D eigenvalue weighted by Crippen LogP contribution is 2.32. The van der Waals surface area contributed by atoms with E-state index in [2.05, 4.69) is 5.10 Å². The molecular formula is C14H14ClFN2OS. The van der Waals surface area contributed by atoms with Crippen molar-refractivity contribution in [2.75, 3.05) is 0 Å². The lowest BCUT2D eigenvalue weighted by Gasteiger charge is -2.21. The first-order valence-electron chi connectivity index (χ1n) is 6.01. The molecule has 106 valence electrons. The zero-order valence-corrected chi connectivity index (χ0v) is 12.9. The maximum atomic E-state index is 13.6. The van der Waals surface area contributed by atoms with E-state index in [1.165, 1.54) is 16.9 Å². The fourth-order valence-electron chi connectivity index (χ4n) is 1.61. The highest BCUT2D eigenvalue weighted by atomic mass is 35.5. The first-order chi connectivity index (χ1) is 9.30. The molecule has 0 aliphatic heterocycles. The van der Waals surface area contributed by atoms with Gasteiger partial charge in [-0.3, -0.25) is 4.79 Å². The molecule has 0 radical (unpaired) electrons. The van der Waals surface area contributed by atoms with Gasteiger partial charge in [0.1, 0.15) is 10.8 Å². The molecule has 0 fully saturated rings. The van der Waals surface area contributed by atoms with Crippen molar-refractivity contribution in [3.05, 3.63) is 51.7 Å². The van der Waals surface area contributed by atoms with Gasteiger partial charge in [0.15, 0.2) is 0 Å². The molecule has 1 aromatic carbocycles. The monoisotopic (exact) mass is 312 g/mol. The summed E-state index contributed by atoms with van der Waals surface area (Å²) in [4.78, 5) is 13.0. The summed E-state index contributed by atoms with van der Waals surface area (Å²) in [6.07, 6.45) is 1.49. The van der Waals surface area contributed by atoms with Gasteiger partial charge < -0.3 is 0 Å². The Morgan fingerprint density at radius 2 is 1.90 bits per heavy atom. The van der Waals surface area contributed by atoms with E-state index in [1.807, 2.05) is 20.8 Å². The van der Waals surface area contributed by atoms with Crippen LogP contribution in [0.2, 0.25) is 5.02 Å². The lowest BCUT2D eigenvalue weighted by molar-refractivity contribution is 0.336. The van der Waals surface area contributed by atoms with Gasteiger partial charge in [-0.2, -0.15) is 5.10 Å². The van der Waals surface area contributed by atoms with Gasteiger partial charge in [-0.1, -0.05) is 35.5 Å². The second-order valence-corrected chi connectivity index (χ2v) is 6.70. The highest BCUT2D eigenvalue weighted by Gasteiger charge is 2.20. The molecule has 2 rings (SSSR count). The Labute approximate surface area is 125 Å². The van der Waals surface area contributed by atoms with Crippen LogP contribution in [0.15, 0.2) is 45.0 Å². The molecule has 20 heavy (non-hydrogen) atoms. The van der Waals surface area contributed by atoms with Crippen LogP contribution in [0.25, 0.3) is 0 Å². The number of halogens is 2. The summed E-state index contributed by atoms with van der Waals surface area (Å²) in [5.74, 6) is -0.353. The minimum Gasteiger partial charge on any atom is -0.266 e. The first kappa shape index (κ1) is 15.1. The van der Waals surface area contributed by atoms with Crippen molar-refractivity contribution in [1.29, 1.82) is 0 Å². The van der Waals surface area contributed by atoms with Crippen molar-refractivity contribution in [2.45, 2.75) is 36.1 Å². The average Bonchev–Trinajstić information content (AvgIpc) is 2.36. The molecule has 0 saturated carbocycles. The molecule has 0 bridgehead atoms. The Morgan fingerprint density at radius 1 is 1.25 bits per heavy atom. The molecule has 0 saturated heterocycles. The van der Waals surface area contributed by atoms with Crippen LogP contribution in [-0.2, 0) is 5.54 Å². The third-order valence-corrected chi connectivity index (χ3v) is 4.14. The van der Waals surface area contributed by atoms with Crippen molar-refractivity contribution < 1.29 is 4.39 Å². The predicted octanol–water partition coefficient (Wildman–Crippen LogP) is 3.94. The largest absolute Gasteiger partial charge is 0.287 e. The fraction of sp³-hybridized carbons (Fsp3) is 0.286. The zero-order chi connectivity index (χ0) is 14.9. The molecule has 0 spiro atoms. The van der Waals surface area contributed by atoms with Crippen LogP contribution in [0.5, 0.6) is 0 Å². The number of benzene rings is 1. The summed E-state index contributed by atoms with van der Waals surface area (Å²) in [7, 11) is 0. The van der Waals surface area contributed by atoms with Crippen LogP contribution in [-0.4, -0.2) is 9.78 Å². The Bertz CT molecular complexity index is 694. The summed E-state index contributed by atoms with van der Waals surface area (Å²) < 4.78 is 14.9. The molecule has 2 aromatic rings. The van der Waals surface area contributed by atoms with E-state index in [4.69, 9.17) is 11.6 Å². The van der Waals surface area contributed by atoms with Crippen LogP contribution in [0.1, 0.15) is 20.8 Å². The van der Waals surface area contributed by atoms with E-state index in [0.717, 1.165) is 11.8 Å². The van der Waals surface area contributed by atoms with Crippen molar-refractivity contribution in [1.82, 2.24) is 9.78 Å². The summed E-state index contributed by atoms with van der Waals surface area (Å²) in [5, 5.41) is 4.17. The number of hydrogen-bond acceptors (Lipinski definition) is 3. The quantitative estimate of drug-likeness (QED) is 0.842. The Balaban J connectivity index is 2.44. The Kier molecular flexibility index (Phi) is 4.20. The fourth-order valence-corrected chi connectivity index (χ4v) is 2.68. The van der Waals surface area contributed by atoms with Crippen molar-refractivity contribution in [2.24, 2.45) is 0 Å². The normalized spacial score (nSPS) is 11.7. The molecule has 0 aliphatic carbocycles. The lowest BCUT2D eigenvalue weighted by Crippen LogP contribution is -2.36. The zero-order valence-electron chi connectivity index (χ0n) is 11.4. The number of aromatic nitrogens is 2. The SMILES string of the molecule is CC(C)(C)n1ncc(Sc2ccccc2F)c(Cl)c1=O. The van der Waals surface area contributed by atoms with E-state index in [0.29, 0.717) is 9.79 Å². The predicted molar refractivity (Wildman–Crippen MR) is 79.0 cm³/mol. The van der Waals surface area contributed by atoms with Gasteiger partial charge in [-0.25, -0.2) is 9.07 Å². The summed E-state index contributed by atoms with van der Waals surface area (Å²) >= 11 is 7.18. The van der Waals surface area contributed by atoms with Crippen LogP contribution in [0, 0.1) is 5.82 Å². The van der Waals surface area contributed by atoms with Gasteiger partial charge in [0.05, 0.1) is 16.6 Å². The van der Waals surface area contributed by atoms with Crippen molar-refractivity contribution in [3.8, 4) is 0 Å². The maximum absolute atomic E-state index is 13.6. The lowest BCUT2D eigenvalue weighted by atomic mass is 10.1. The van der Waals surface area contributed by atoms with E-state index in [-0.39, 0.29) is 16.4 Å². The van der Waals surface area contributed by atoms with Crippen LogP contribution in [0.4, 0.5) is 4.39 Å². The van der Waals surface area contributed by atoms with Crippen LogP contribution < -0.4 is 5.56 Å². The van der Waals surface area contributed by atoms with E-state index >= 15 is 0 Å². The van der Waals surface area contributed by atoms with Gasteiger partial charge in [0, 0.05) is 4.90 Å². The minimum absolute atomic E-state index is 0.0585. The first-order valence-corrected chi connectivity index (χ1v) is 7.21. The average molecular weight is 313 g/mol. The highest BCUT2D eigenvalue weighted by molar-refractivity contribution is 7.99. The molecular weight excluding hydrogens is 299 g/mol. The van der Waals surface area contributed by atoms with E-state index in [9.17, 15) is 9.18 Å². The number of nitrogens with zero attached hydrogens (tertiary/aromatic N) is 2. The smallest absolute Gasteiger partial charge is 0.266 e. The van der Waals surface area contributed by atoms with E-state index < -0.39 is 5.54 Å². The molecule has 0 aliphatic rings. The molecule has 6 heteroatoms. The molecule has 3 nitrogen and oxygen atoms in total. The van der Waals surface area contributed by atoms with Crippen molar-refractivity contribution >= 4 is 23.4 Å². The third kappa shape index (κ3) is 3.04. The van der Waals surface area contributed by atoms with Crippen LogP contribution in [0.3, 0.4) is 0 Å². The second kappa shape index (κ2) is 5.58. The third-order valence-electron chi connectivity index (χ3n) is 2.58. The summed E-state index contributed by atoms with van der Waals surface area (Å²) in [6.45, 7) is 5.59. The van der Waals surface area contributed by atoms with E-state index in [1.54, 1.807) is 18.2 Å². The number of hydrogen-bond donors (Lipinski definition) is 0. The van der Waals surface area contributed by atoms with Crippen molar-refractivity contribution in [3.63, 3.8) is 0 Å². The molecule has 0 amide bonds. The van der Waals surface area contributed by atoms with Gasteiger partial charge in [0.25, 0.3) is 5.56 Å². The summed E-state index contributed by atoms with van der Waals surface area (Å²) in [5.41, 5.74) is -0.831. The Hall–Kier alpha value is -1.33. The number of rotatable bonds is 2. The molecule has 0 N–H and O–H groups in total. The summed E-state index contributed by atoms with van der Waals surface area (Å²) in [6, 6.07) is 6.33. The van der Waals surface area contributed by atoms with Gasteiger partial charge in [0.2, 0.25) is 0 Å². The molecule has 1 aromatic heterocycles.